The van der Waals surface area contributed by atoms with E-state index in [1.165, 1.54) is 11.3 Å². The lowest BCUT2D eigenvalue weighted by molar-refractivity contribution is 0.0172. The van der Waals surface area contributed by atoms with Crippen LogP contribution >= 0.6 is 11.3 Å². The quantitative estimate of drug-likeness (QED) is 0.307. The van der Waals surface area contributed by atoms with Crippen LogP contribution in [0.4, 0.5) is 0 Å². The van der Waals surface area contributed by atoms with E-state index in [9.17, 15) is 9.90 Å². The zero-order valence-electron chi connectivity index (χ0n) is 19.5. The maximum atomic E-state index is 13.0. The fourth-order valence-electron chi connectivity index (χ4n) is 3.55. The molecule has 3 rings (SSSR count). The van der Waals surface area contributed by atoms with E-state index in [1.54, 1.807) is 20.3 Å². The summed E-state index contributed by atoms with van der Waals surface area (Å²) in [6.45, 7) is 9.10. The van der Waals surface area contributed by atoms with E-state index in [-0.39, 0.29) is 18.2 Å². The Labute approximate surface area is 197 Å². The molecule has 0 aliphatic carbocycles. The summed E-state index contributed by atoms with van der Waals surface area (Å²) in [6.07, 6.45) is 0.995. The first kappa shape index (κ1) is 24.9. The highest BCUT2D eigenvalue weighted by Crippen LogP contribution is 2.36. The summed E-state index contributed by atoms with van der Waals surface area (Å²) in [7, 11) is 3.17. The Kier molecular flexibility index (Phi) is 8.62. The Morgan fingerprint density at radius 1 is 1.27 bits per heavy atom. The molecule has 8 nitrogen and oxygen atoms in total. The number of fused-ring (bicyclic) bond motifs is 1. The first-order valence-corrected chi connectivity index (χ1v) is 11.6. The van der Waals surface area contributed by atoms with Gasteiger partial charge in [-0.1, -0.05) is 12.1 Å². The Morgan fingerprint density at radius 2 is 2.03 bits per heavy atom. The fourth-order valence-corrected chi connectivity index (χ4v) is 4.51. The molecule has 0 saturated carbocycles. The Hall–Kier alpha value is -2.72. The van der Waals surface area contributed by atoms with Crippen molar-refractivity contribution in [2.24, 2.45) is 0 Å². The Morgan fingerprint density at radius 3 is 2.70 bits per heavy atom. The lowest BCUT2D eigenvalue weighted by atomic mass is 10.1. The molecular weight excluding hydrogens is 442 g/mol. The number of H-pyrrole nitrogens is 1. The van der Waals surface area contributed by atoms with E-state index in [0.29, 0.717) is 47.2 Å². The third-order valence-electron chi connectivity index (χ3n) is 5.26. The van der Waals surface area contributed by atoms with Gasteiger partial charge in [0.2, 0.25) is 0 Å². The first-order chi connectivity index (χ1) is 15.9. The molecule has 0 unspecified atom stereocenters. The van der Waals surface area contributed by atoms with Crippen molar-refractivity contribution in [2.45, 2.75) is 32.5 Å². The number of rotatable bonds is 12. The van der Waals surface area contributed by atoms with Gasteiger partial charge in [-0.25, -0.2) is 4.98 Å². The number of hydrogen-bond donors (Lipinski definition) is 2. The van der Waals surface area contributed by atoms with Crippen LogP contribution in [0.1, 0.15) is 19.7 Å². The van der Waals surface area contributed by atoms with Gasteiger partial charge in [-0.3, -0.25) is 9.69 Å². The average Bonchev–Trinajstić information content (AvgIpc) is 3.22. The van der Waals surface area contributed by atoms with Gasteiger partial charge in [-0.2, -0.15) is 0 Å². The second-order valence-electron chi connectivity index (χ2n) is 7.92. The van der Waals surface area contributed by atoms with Crippen LogP contribution in [-0.4, -0.2) is 66.1 Å². The second-order valence-corrected chi connectivity index (χ2v) is 8.77. The largest absolute Gasteiger partial charge is 0.493 e. The van der Waals surface area contributed by atoms with Crippen LogP contribution in [0.25, 0.3) is 21.3 Å². The molecule has 0 fully saturated rings. The van der Waals surface area contributed by atoms with Crippen molar-refractivity contribution >= 4 is 21.6 Å². The van der Waals surface area contributed by atoms with E-state index in [4.69, 9.17) is 19.2 Å². The normalized spacial score (nSPS) is 12.5. The summed E-state index contributed by atoms with van der Waals surface area (Å²) in [5.74, 6) is 1.78. The van der Waals surface area contributed by atoms with Crippen molar-refractivity contribution in [1.82, 2.24) is 14.9 Å². The number of aliphatic hydroxyl groups excluding tert-OH is 1. The van der Waals surface area contributed by atoms with Crippen molar-refractivity contribution in [1.29, 1.82) is 0 Å². The highest BCUT2D eigenvalue weighted by molar-refractivity contribution is 7.17. The molecule has 0 saturated heterocycles. The minimum atomic E-state index is -0.652. The SMILES string of the molecule is C=CCOC[C@H](O)CN(Cc1nc2scc(-c3ccc(OC)c(OC)c3)c2c(=O)[nH]1)C(C)C. The molecule has 0 spiro atoms. The molecule has 0 aliphatic heterocycles. The predicted molar refractivity (Wildman–Crippen MR) is 131 cm³/mol. The molecule has 9 heteroatoms. The number of benzene rings is 1. The average molecular weight is 474 g/mol. The number of thiophene rings is 1. The highest BCUT2D eigenvalue weighted by Gasteiger charge is 2.19. The standard InChI is InChI=1S/C24H31N3O5S/c1-6-9-32-13-17(28)11-27(15(2)3)12-21-25-23(29)22-18(14-33-24(22)26-21)16-7-8-19(30-4)20(10-16)31-5/h6-8,10,14-15,17,28H,1,9,11-13H2,2-5H3,(H,25,26,29)/t17-/m1/s1. The van der Waals surface area contributed by atoms with Crippen LogP contribution in [0.15, 0.2) is 41.0 Å². The van der Waals surface area contributed by atoms with Gasteiger partial charge in [0.15, 0.2) is 11.5 Å². The number of aromatic amines is 1. The second kappa shape index (κ2) is 11.4. The maximum absolute atomic E-state index is 13.0. The van der Waals surface area contributed by atoms with Crippen LogP contribution in [0.2, 0.25) is 0 Å². The van der Waals surface area contributed by atoms with Crippen molar-refractivity contribution in [2.75, 3.05) is 34.0 Å². The minimum Gasteiger partial charge on any atom is -0.493 e. The zero-order valence-corrected chi connectivity index (χ0v) is 20.3. The number of hydrogen-bond acceptors (Lipinski definition) is 8. The summed E-state index contributed by atoms with van der Waals surface area (Å²) >= 11 is 1.42. The predicted octanol–water partition coefficient (Wildman–Crippen LogP) is 3.44. The molecule has 2 heterocycles. The summed E-state index contributed by atoms with van der Waals surface area (Å²) in [4.78, 5) is 23.4. The van der Waals surface area contributed by atoms with E-state index in [1.807, 2.05) is 37.4 Å². The molecular formula is C24H31N3O5S. The smallest absolute Gasteiger partial charge is 0.260 e. The lowest BCUT2D eigenvalue weighted by Crippen LogP contribution is -2.39. The van der Waals surface area contributed by atoms with Crippen molar-refractivity contribution in [3.8, 4) is 22.6 Å². The van der Waals surface area contributed by atoms with Crippen molar-refractivity contribution in [3.63, 3.8) is 0 Å². The van der Waals surface area contributed by atoms with Crippen LogP contribution in [0, 0.1) is 0 Å². The zero-order chi connectivity index (χ0) is 24.0. The van der Waals surface area contributed by atoms with Crippen LogP contribution < -0.4 is 15.0 Å². The molecule has 0 aliphatic rings. The van der Waals surface area contributed by atoms with E-state index in [0.717, 1.165) is 11.1 Å². The first-order valence-electron chi connectivity index (χ1n) is 10.7. The van der Waals surface area contributed by atoms with E-state index < -0.39 is 6.10 Å². The molecule has 0 amide bonds. The molecule has 3 aromatic rings. The monoisotopic (exact) mass is 473 g/mol. The minimum absolute atomic E-state index is 0.144. The molecule has 1 atom stereocenters. The summed E-state index contributed by atoms with van der Waals surface area (Å²) in [6, 6.07) is 5.71. The summed E-state index contributed by atoms with van der Waals surface area (Å²) in [5.41, 5.74) is 1.46. The van der Waals surface area contributed by atoms with Crippen LogP contribution in [-0.2, 0) is 11.3 Å². The number of methoxy groups -OCH3 is 2. The molecule has 0 bridgehead atoms. The molecule has 33 heavy (non-hydrogen) atoms. The maximum Gasteiger partial charge on any atom is 0.260 e. The van der Waals surface area contributed by atoms with Crippen molar-refractivity contribution in [3.05, 3.63) is 52.4 Å². The lowest BCUT2D eigenvalue weighted by Gasteiger charge is -2.28. The third-order valence-corrected chi connectivity index (χ3v) is 6.13. The topological polar surface area (TPSA) is 96.9 Å². The van der Waals surface area contributed by atoms with Gasteiger partial charge in [-0.15, -0.1) is 17.9 Å². The summed E-state index contributed by atoms with van der Waals surface area (Å²) < 4.78 is 16.1. The molecule has 0 radical (unpaired) electrons. The van der Waals surface area contributed by atoms with Crippen molar-refractivity contribution < 1.29 is 19.3 Å². The van der Waals surface area contributed by atoms with Crippen LogP contribution in [0.3, 0.4) is 0 Å². The number of nitrogens with one attached hydrogen (secondary N) is 1. The highest BCUT2D eigenvalue weighted by atomic mass is 32.1. The van der Waals surface area contributed by atoms with Gasteiger partial charge < -0.3 is 24.3 Å². The van der Waals surface area contributed by atoms with Gasteiger partial charge in [0.1, 0.15) is 10.7 Å². The molecule has 2 aromatic heterocycles. The van der Waals surface area contributed by atoms with Gasteiger partial charge in [0.25, 0.3) is 5.56 Å². The van der Waals surface area contributed by atoms with Gasteiger partial charge in [0, 0.05) is 23.5 Å². The number of nitrogens with zero attached hydrogens (tertiary/aromatic N) is 2. The van der Waals surface area contributed by atoms with Gasteiger partial charge >= 0.3 is 0 Å². The number of aromatic nitrogens is 2. The van der Waals surface area contributed by atoms with E-state index >= 15 is 0 Å². The molecule has 1 aromatic carbocycles. The summed E-state index contributed by atoms with van der Waals surface area (Å²) in [5, 5.41) is 12.8. The number of aliphatic hydroxyl groups is 1. The van der Waals surface area contributed by atoms with Gasteiger partial charge in [-0.05, 0) is 31.5 Å². The Balaban J connectivity index is 1.86. The fraction of sp³-hybridized carbons (Fsp3) is 0.417. The number of ether oxygens (including phenoxy) is 3. The molecule has 2 N–H and O–H groups in total. The molecule has 178 valence electrons. The van der Waals surface area contributed by atoms with Gasteiger partial charge in [0.05, 0.1) is 45.5 Å². The van der Waals surface area contributed by atoms with E-state index in [2.05, 4.69) is 16.5 Å². The van der Waals surface area contributed by atoms with Crippen LogP contribution in [0.5, 0.6) is 11.5 Å². The third kappa shape index (κ3) is 6.00. The Bertz CT molecular complexity index is 1140.